The van der Waals surface area contributed by atoms with Crippen molar-refractivity contribution < 1.29 is 27.6 Å². The van der Waals surface area contributed by atoms with Crippen LogP contribution in [0.15, 0.2) is 54.7 Å². The lowest BCUT2D eigenvalue weighted by Crippen LogP contribution is -2.44. The summed E-state index contributed by atoms with van der Waals surface area (Å²) in [5.41, 5.74) is 0.613. The highest BCUT2D eigenvalue weighted by molar-refractivity contribution is 5.85. The number of ether oxygens (including phenoxy) is 1. The number of carbonyl (C=O) groups is 1. The van der Waals surface area contributed by atoms with Crippen LogP contribution < -0.4 is 5.32 Å². The number of non-ortho nitro benzene ring substituents is 1. The number of fused-ring (bicyclic) bond motifs is 1. The molecule has 1 aliphatic heterocycles. The third kappa shape index (κ3) is 5.37. The fraction of sp³-hybridized carbons (Fsp3) is 0.348. The van der Waals surface area contributed by atoms with Crippen LogP contribution in [0.5, 0.6) is 0 Å². The zero-order valence-corrected chi connectivity index (χ0v) is 18.1. The van der Waals surface area contributed by atoms with Crippen molar-refractivity contribution in [1.29, 1.82) is 0 Å². The third-order valence-corrected chi connectivity index (χ3v) is 5.88. The first-order chi connectivity index (χ1) is 16.2. The average molecular weight is 476 g/mol. The minimum absolute atomic E-state index is 0.00412. The van der Waals surface area contributed by atoms with Crippen LogP contribution in [0.2, 0.25) is 0 Å². The van der Waals surface area contributed by atoms with Crippen molar-refractivity contribution in [3.05, 3.63) is 76.0 Å². The molecule has 11 heteroatoms. The van der Waals surface area contributed by atoms with E-state index in [1.165, 1.54) is 24.3 Å². The van der Waals surface area contributed by atoms with E-state index in [0.717, 1.165) is 12.1 Å². The SMILES string of the molecule is O=C(Cn1ccc2cc([N+](=O)[O-])ccc21)NCC(c1ccc(C(F)(F)F)cc1)N1CCOCC1. The van der Waals surface area contributed by atoms with Crippen LogP contribution in [0.3, 0.4) is 0 Å². The molecule has 34 heavy (non-hydrogen) atoms. The number of amides is 1. The Kier molecular flexibility index (Phi) is 6.85. The summed E-state index contributed by atoms with van der Waals surface area (Å²) < 4.78 is 46.0. The first-order valence-electron chi connectivity index (χ1n) is 10.7. The average Bonchev–Trinajstić information content (AvgIpc) is 3.21. The molecule has 0 radical (unpaired) electrons. The van der Waals surface area contributed by atoms with Gasteiger partial charge >= 0.3 is 6.18 Å². The van der Waals surface area contributed by atoms with Crippen LogP contribution in [0, 0.1) is 10.1 Å². The van der Waals surface area contributed by atoms with Crippen molar-refractivity contribution in [2.24, 2.45) is 0 Å². The second-order valence-corrected chi connectivity index (χ2v) is 8.03. The number of benzene rings is 2. The van der Waals surface area contributed by atoms with Crippen molar-refractivity contribution >= 4 is 22.5 Å². The molecule has 0 bridgehead atoms. The Hall–Kier alpha value is -3.44. The lowest BCUT2D eigenvalue weighted by Gasteiger charge is -2.35. The van der Waals surface area contributed by atoms with Gasteiger partial charge in [-0.15, -0.1) is 0 Å². The summed E-state index contributed by atoms with van der Waals surface area (Å²) in [5.74, 6) is -0.277. The predicted octanol–water partition coefficient (Wildman–Crippen LogP) is 3.76. The number of nitro groups is 1. The Bertz CT molecular complexity index is 1170. The second-order valence-electron chi connectivity index (χ2n) is 8.03. The number of aromatic nitrogens is 1. The Morgan fingerprint density at radius 2 is 1.82 bits per heavy atom. The molecule has 4 rings (SSSR count). The summed E-state index contributed by atoms with van der Waals surface area (Å²) in [6.45, 7) is 2.43. The van der Waals surface area contributed by atoms with Gasteiger partial charge in [-0.2, -0.15) is 13.2 Å². The van der Waals surface area contributed by atoms with Crippen molar-refractivity contribution in [2.45, 2.75) is 18.8 Å². The van der Waals surface area contributed by atoms with Crippen molar-refractivity contribution in [2.75, 3.05) is 32.8 Å². The molecule has 1 saturated heterocycles. The number of hydrogen-bond acceptors (Lipinski definition) is 5. The minimum atomic E-state index is -4.42. The van der Waals surface area contributed by atoms with Crippen LogP contribution >= 0.6 is 0 Å². The van der Waals surface area contributed by atoms with Gasteiger partial charge in [0.25, 0.3) is 5.69 Å². The molecule has 3 aromatic rings. The number of hydrogen-bond donors (Lipinski definition) is 1. The van der Waals surface area contributed by atoms with E-state index >= 15 is 0 Å². The quantitative estimate of drug-likeness (QED) is 0.414. The molecule has 8 nitrogen and oxygen atoms in total. The van der Waals surface area contributed by atoms with E-state index in [4.69, 9.17) is 4.74 Å². The van der Waals surface area contributed by atoms with Gasteiger partial charge in [-0.3, -0.25) is 19.8 Å². The molecule has 1 fully saturated rings. The molecule has 2 heterocycles. The van der Waals surface area contributed by atoms with Gasteiger partial charge < -0.3 is 14.6 Å². The van der Waals surface area contributed by atoms with Gasteiger partial charge in [-0.25, -0.2) is 0 Å². The van der Waals surface area contributed by atoms with E-state index in [1.807, 2.05) is 0 Å². The van der Waals surface area contributed by atoms with E-state index in [-0.39, 0.29) is 30.7 Å². The molecule has 1 aromatic heterocycles. The Balaban J connectivity index is 1.46. The molecule has 1 aliphatic rings. The van der Waals surface area contributed by atoms with Crippen LogP contribution in [-0.4, -0.2) is 53.1 Å². The van der Waals surface area contributed by atoms with Gasteiger partial charge in [0.2, 0.25) is 5.91 Å². The maximum atomic E-state index is 13.0. The highest BCUT2D eigenvalue weighted by atomic mass is 19.4. The van der Waals surface area contributed by atoms with Crippen LogP contribution in [0.25, 0.3) is 10.9 Å². The topological polar surface area (TPSA) is 89.6 Å². The van der Waals surface area contributed by atoms with Crippen molar-refractivity contribution in [3.8, 4) is 0 Å². The largest absolute Gasteiger partial charge is 0.416 e. The maximum absolute atomic E-state index is 13.0. The Morgan fingerprint density at radius 1 is 1.12 bits per heavy atom. The summed E-state index contributed by atoms with van der Waals surface area (Å²) >= 11 is 0. The number of nitrogens with one attached hydrogen (secondary N) is 1. The first kappa shape index (κ1) is 23.7. The lowest BCUT2D eigenvalue weighted by atomic mass is 10.0. The molecule has 1 atom stereocenters. The molecular weight excluding hydrogens is 453 g/mol. The summed E-state index contributed by atoms with van der Waals surface area (Å²) in [6.07, 6.45) is -2.73. The van der Waals surface area contributed by atoms with Crippen LogP contribution in [0.1, 0.15) is 17.2 Å². The van der Waals surface area contributed by atoms with Crippen LogP contribution in [0.4, 0.5) is 18.9 Å². The van der Waals surface area contributed by atoms with E-state index < -0.39 is 16.7 Å². The number of carbonyl (C=O) groups excluding carboxylic acids is 1. The molecule has 2 aromatic carbocycles. The van der Waals surface area contributed by atoms with E-state index in [2.05, 4.69) is 10.2 Å². The smallest absolute Gasteiger partial charge is 0.379 e. The Morgan fingerprint density at radius 3 is 2.47 bits per heavy atom. The minimum Gasteiger partial charge on any atom is -0.379 e. The van der Waals surface area contributed by atoms with E-state index in [9.17, 15) is 28.1 Å². The van der Waals surface area contributed by atoms with Gasteiger partial charge in [0.1, 0.15) is 6.54 Å². The number of nitrogens with zero attached hydrogens (tertiary/aromatic N) is 3. The zero-order valence-electron chi connectivity index (χ0n) is 18.1. The van der Waals surface area contributed by atoms with Gasteiger partial charge in [0.05, 0.1) is 29.7 Å². The lowest BCUT2D eigenvalue weighted by molar-refractivity contribution is -0.384. The zero-order chi connectivity index (χ0) is 24.3. The monoisotopic (exact) mass is 476 g/mol. The summed E-state index contributed by atoms with van der Waals surface area (Å²) in [6, 6.07) is 10.8. The fourth-order valence-corrected chi connectivity index (χ4v) is 4.10. The highest BCUT2D eigenvalue weighted by Crippen LogP contribution is 2.31. The molecule has 1 unspecified atom stereocenters. The summed E-state index contributed by atoms with van der Waals surface area (Å²) in [4.78, 5) is 25.3. The molecule has 180 valence electrons. The highest BCUT2D eigenvalue weighted by Gasteiger charge is 2.31. The number of morpholine rings is 1. The first-order valence-corrected chi connectivity index (χ1v) is 10.7. The number of alkyl halides is 3. The van der Waals surface area contributed by atoms with Crippen molar-refractivity contribution in [1.82, 2.24) is 14.8 Å². The predicted molar refractivity (Wildman–Crippen MR) is 118 cm³/mol. The molecule has 1 amide bonds. The number of rotatable bonds is 7. The third-order valence-electron chi connectivity index (χ3n) is 5.88. The van der Waals surface area contributed by atoms with Gasteiger partial charge in [-0.05, 0) is 29.8 Å². The van der Waals surface area contributed by atoms with E-state index in [1.54, 1.807) is 22.9 Å². The standard InChI is InChI=1S/C23H23F3N4O4/c24-23(25,26)18-3-1-16(2-4-18)21(28-9-11-34-12-10-28)14-27-22(31)15-29-8-7-17-13-19(30(32)33)5-6-20(17)29/h1-8,13,21H,9-12,14-15H2,(H,27,31). The van der Waals surface area contributed by atoms with Crippen LogP contribution in [-0.2, 0) is 22.3 Å². The maximum Gasteiger partial charge on any atom is 0.416 e. The normalized spacial score (nSPS) is 15.9. The summed E-state index contributed by atoms with van der Waals surface area (Å²) in [7, 11) is 0. The molecule has 0 spiro atoms. The fourth-order valence-electron chi connectivity index (χ4n) is 4.10. The number of nitro benzene ring substituents is 1. The van der Waals surface area contributed by atoms with E-state index in [0.29, 0.717) is 42.8 Å². The van der Waals surface area contributed by atoms with Gasteiger partial charge in [0, 0.05) is 48.9 Å². The molecule has 0 saturated carbocycles. The van der Waals surface area contributed by atoms with Gasteiger partial charge in [-0.1, -0.05) is 12.1 Å². The molecular formula is C23H23F3N4O4. The molecule has 0 aliphatic carbocycles. The summed E-state index contributed by atoms with van der Waals surface area (Å²) in [5, 5.41) is 14.5. The van der Waals surface area contributed by atoms with Gasteiger partial charge in [0.15, 0.2) is 0 Å². The van der Waals surface area contributed by atoms with Crippen molar-refractivity contribution in [3.63, 3.8) is 0 Å². The Labute approximate surface area is 193 Å². The number of halogens is 3. The molecule has 1 N–H and O–H groups in total. The second kappa shape index (κ2) is 9.82.